The summed E-state index contributed by atoms with van der Waals surface area (Å²) in [6, 6.07) is 13.5. The average molecular weight is 388 g/mol. The van der Waals surface area contributed by atoms with Gasteiger partial charge in [-0.3, -0.25) is 19.5 Å². The highest BCUT2D eigenvalue weighted by molar-refractivity contribution is 7.80. The maximum absolute atomic E-state index is 12.8. The molecule has 2 aromatic rings. The first-order valence-electron chi connectivity index (χ1n) is 7.62. The van der Waals surface area contributed by atoms with Crippen LogP contribution in [0.4, 0.5) is 11.4 Å². The van der Waals surface area contributed by atoms with Gasteiger partial charge in [0.1, 0.15) is 5.75 Å². The quantitative estimate of drug-likeness (QED) is 0.497. The summed E-state index contributed by atoms with van der Waals surface area (Å²) in [4.78, 5) is 30.5. The molecule has 1 aliphatic heterocycles. The van der Waals surface area contributed by atoms with Crippen molar-refractivity contribution in [3.8, 4) is 5.75 Å². The predicted molar refractivity (Wildman–Crippen MR) is 104 cm³/mol. The second kappa shape index (κ2) is 7.63. The van der Waals surface area contributed by atoms with E-state index in [2.05, 4.69) is 10.3 Å². The lowest BCUT2D eigenvalue weighted by atomic mass is 10.1. The van der Waals surface area contributed by atoms with Crippen LogP contribution >= 0.6 is 23.8 Å². The van der Waals surface area contributed by atoms with Crippen molar-refractivity contribution >= 4 is 58.3 Å². The number of benzene rings is 2. The zero-order chi connectivity index (χ0) is 18.7. The monoisotopic (exact) mass is 387 g/mol. The standard InChI is InChI=1S/C18H14ClN3O3S/c1-25-14-8-4-12(5-9-14)20-10-15-16(23)21-18(26)22(17(15)24)13-6-2-11(19)3-7-13/h2-10,15H,1H3,(H,21,23,26)/t15-/m1/s1. The van der Waals surface area contributed by atoms with Gasteiger partial charge in [-0.05, 0) is 60.7 Å². The lowest BCUT2D eigenvalue weighted by Gasteiger charge is -2.30. The van der Waals surface area contributed by atoms with Gasteiger partial charge in [-0.1, -0.05) is 11.6 Å². The maximum Gasteiger partial charge on any atom is 0.251 e. The van der Waals surface area contributed by atoms with Gasteiger partial charge in [0.25, 0.3) is 5.91 Å². The number of nitrogens with one attached hydrogen (secondary N) is 1. The van der Waals surface area contributed by atoms with Crippen molar-refractivity contribution in [2.45, 2.75) is 0 Å². The molecule has 2 aromatic carbocycles. The number of halogens is 1. The van der Waals surface area contributed by atoms with Crippen LogP contribution in [0.25, 0.3) is 0 Å². The van der Waals surface area contributed by atoms with Crippen LogP contribution in [-0.4, -0.2) is 30.3 Å². The molecule has 0 radical (unpaired) electrons. The molecule has 26 heavy (non-hydrogen) atoms. The third-order valence-corrected chi connectivity index (χ3v) is 4.27. The summed E-state index contributed by atoms with van der Waals surface area (Å²) in [7, 11) is 1.57. The second-order valence-electron chi connectivity index (χ2n) is 5.40. The van der Waals surface area contributed by atoms with E-state index in [1.807, 2.05) is 0 Å². The Balaban J connectivity index is 1.84. The molecule has 0 bridgehead atoms. The lowest BCUT2D eigenvalue weighted by Crippen LogP contribution is -2.58. The van der Waals surface area contributed by atoms with E-state index in [1.165, 1.54) is 11.1 Å². The molecule has 0 aromatic heterocycles. The summed E-state index contributed by atoms with van der Waals surface area (Å²) in [5.74, 6) is -1.38. The normalized spacial score (nSPS) is 17.5. The van der Waals surface area contributed by atoms with Crippen molar-refractivity contribution in [2.75, 3.05) is 12.0 Å². The molecule has 1 N–H and O–H groups in total. The van der Waals surface area contributed by atoms with Gasteiger partial charge in [0.05, 0.1) is 18.5 Å². The molecule has 6 nitrogen and oxygen atoms in total. The zero-order valence-electron chi connectivity index (χ0n) is 13.7. The first-order chi connectivity index (χ1) is 12.5. The number of anilines is 1. The fourth-order valence-electron chi connectivity index (χ4n) is 2.39. The molecule has 2 amide bonds. The van der Waals surface area contributed by atoms with Crippen molar-refractivity contribution in [3.05, 3.63) is 53.6 Å². The summed E-state index contributed by atoms with van der Waals surface area (Å²) in [5.41, 5.74) is 1.12. The number of thiocarbonyl (C=S) groups is 1. The molecule has 1 fully saturated rings. The molecule has 1 saturated heterocycles. The second-order valence-corrected chi connectivity index (χ2v) is 6.22. The summed E-state index contributed by atoms with van der Waals surface area (Å²) in [5, 5.41) is 3.09. The van der Waals surface area contributed by atoms with E-state index in [0.29, 0.717) is 22.1 Å². The lowest BCUT2D eigenvalue weighted by molar-refractivity contribution is -0.130. The Morgan fingerprint density at radius 1 is 1.15 bits per heavy atom. The summed E-state index contributed by atoms with van der Waals surface area (Å²) in [6.45, 7) is 0. The van der Waals surface area contributed by atoms with E-state index in [1.54, 1.807) is 55.6 Å². The molecular weight excluding hydrogens is 374 g/mol. The van der Waals surface area contributed by atoms with E-state index in [0.717, 1.165) is 0 Å². The molecule has 1 heterocycles. The Morgan fingerprint density at radius 2 is 1.81 bits per heavy atom. The SMILES string of the molecule is COc1ccc(N=C[C@@H]2C(=O)NC(=S)N(c3ccc(Cl)cc3)C2=O)cc1. The van der Waals surface area contributed by atoms with E-state index in [9.17, 15) is 9.59 Å². The number of ether oxygens (including phenoxy) is 1. The largest absolute Gasteiger partial charge is 0.497 e. The van der Waals surface area contributed by atoms with Gasteiger partial charge in [0.15, 0.2) is 11.0 Å². The Morgan fingerprint density at radius 3 is 2.42 bits per heavy atom. The Hall–Kier alpha value is -2.77. The third kappa shape index (κ3) is 3.74. The van der Waals surface area contributed by atoms with Gasteiger partial charge in [-0.25, -0.2) is 0 Å². The topological polar surface area (TPSA) is 71.0 Å². The third-order valence-electron chi connectivity index (χ3n) is 3.73. The maximum atomic E-state index is 12.8. The van der Waals surface area contributed by atoms with Gasteiger partial charge in [0, 0.05) is 11.2 Å². The van der Waals surface area contributed by atoms with Crippen molar-refractivity contribution in [1.29, 1.82) is 0 Å². The number of rotatable bonds is 4. The summed E-state index contributed by atoms with van der Waals surface area (Å²) >= 11 is 11.0. The number of aliphatic imine (C=N–C) groups is 1. The molecule has 0 spiro atoms. The van der Waals surface area contributed by atoms with Crippen molar-refractivity contribution in [3.63, 3.8) is 0 Å². The number of hydrogen-bond donors (Lipinski definition) is 1. The highest BCUT2D eigenvalue weighted by Crippen LogP contribution is 2.23. The fraction of sp³-hybridized carbons (Fsp3) is 0.111. The first-order valence-corrected chi connectivity index (χ1v) is 8.41. The molecular formula is C18H14ClN3O3S. The van der Waals surface area contributed by atoms with Gasteiger partial charge < -0.3 is 10.1 Å². The molecule has 0 saturated carbocycles. The van der Waals surface area contributed by atoms with Crippen LogP contribution in [0.3, 0.4) is 0 Å². The Bertz CT molecular complexity index is 882. The number of methoxy groups -OCH3 is 1. The van der Waals surface area contributed by atoms with E-state index in [-0.39, 0.29) is 5.11 Å². The van der Waals surface area contributed by atoms with Crippen LogP contribution in [0.1, 0.15) is 0 Å². The van der Waals surface area contributed by atoms with Crippen molar-refractivity contribution in [1.82, 2.24) is 5.32 Å². The first kappa shape index (κ1) is 18.0. The van der Waals surface area contributed by atoms with Crippen LogP contribution in [0.5, 0.6) is 5.75 Å². The minimum atomic E-state index is -1.08. The van der Waals surface area contributed by atoms with E-state index >= 15 is 0 Å². The van der Waals surface area contributed by atoms with Crippen LogP contribution in [0.2, 0.25) is 5.02 Å². The summed E-state index contributed by atoms with van der Waals surface area (Å²) in [6.07, 6.45) is 1.31. The molecule has 0 aliphatic carbocycles. The minimum Gasteiger partial charge on any atom is -0.497 e. The Kier molecular flexibility index (Phi) is 5.29. The summed E-state index contributed by atoms with van der Waals surface area (Å²) < 4.78 is 5.08. The Labute approximate surface area is 160 Å². The minimum absolute atomic E-state index is 0.0245. The van der Waals surface area contributed by atoms with Crippen molar-refractivity contribution in [2.24, 2.45) is 10.9 Å². The van der Waals surface area contributed by atoms with Crippen LogP contribution < -0.4 is 15.0 Å². The van der Waals surface area contributed by atoms with E-state index in [4.69, 9.17) is 28.6 Å². The number of carbonyl (C=O) groups is 2. The molecule has 1 aliphatic rings. The van der Waals surface area contributed by atoms with Crippen LogP contribution in [-0.2, 0) is 9.59 Å². The molecule has 8 heteroatoms. The number of hydrogen-bond acceptors (Lipinski definition) is 5. The van der Waals surface area contributed by atoms with Gasteiger partial charge in [0.2, 0.25) is 5.91 Å². The average Bonchev–Trinajstić information content (AvgIpc) is 2.63. The molecule has 3 rings (SSSR count). The van der Waals surface area contributed by atoms with Crippen molar-refractivity contribution < 1.29 is 14.3 Å². The molecule has 132 valence electrons. The van der Waals surface area contributed by atoms with Gasteiger partial charge in [-0.2, -0.15) is 0 Å². The van der Waals surface area contributed by atoms with Crippen LogP contribution in [0, 0.1) is 5.92 Å². The van der Waals surface area contributed by atoms with E-state index < -0.39 is 17.7 Å². The van der Waals surface area contributed by atoms with Gasteiger partial charge in [-0.15, -0.1) is 0 Å². The number of carbonyl (C=O) groups excluding carboxylic acids is 2. The predicted octanol–water partition coefficient (Wildman–Crippen LogP) is 3.12. The highest BCUT2D eigenvalue weighted by atomic mass is 35.5. The molecule has 0 unspecified atom stereocenters. The van der Waals surface area contributed by atoms with Crippen LogP contribution in [0.15, 0.2) is 53.5 Å². The number of nitrogens with zero attached hydrogens (tertiary/aromatic N) is 2. The number of amides is 2. The highest BCUT2D eigenvalue weighted by Gasteiger charge is 2.38. The van der Waals surface area contributed by atoms with Gasteiger partial charge >= 0.3 is 0 Å². The zero-order valence-corrected chi connectivity index (χ0v) is 15.3. The smallest absolute Gasteiger partial charge is 0.251 e. The molecule has 1 atom stereocenters. The fourth-order valence-corrected chi connectivity index (χ4v) is 2.81.